The Morgan fingerprint density at radius 2 is 1.95 bits per heavy atom. The van der Waals surface area contributed by atoms with Gasteiger partial charge in [0.2, 0.25) is 0 Å². The molecular formula is C15H13NO4S2. The maximum Gasteiger partial charge on any atom is 0.326 e. The van der Waals surface area contributed by atoms with Crippen LogP contribution in [0.25, 0.3) is 6.08 Å². The topological polar surface area (TPSA) is 74.7 Å². The number of carbonyl (C=O) groups is 3. The molecule has 114 valence electrons. The molecule has 0 aliphatic carbocycles. The lowest BCUT2D eigenvalue weighted by atomic mass is 10.1. The number of carboxylic acids is 1. The van der Waals surface area contributed by atoms with Crippen molar-refractivity contribution in [2.45, 2.75) is 19.4 Å². The molecule has 7 heteroatoms. The van der Waals surface area contributed by atoms with Crippen molar-refractivity contribution in [2.75, 3.05) is 0 Å². The highest BCUT2D eigenvalue weighted by atomic mass is 32.2. The van der Waals surface area contributed by atoms with E-state index in [9.17, 15) is 19.5 Å². The van der Waals surface area contributed by atoms with E-state index in [-0.39, 0.29) is 10.7 Å². The molecule has 0 unspecified atom stereocenters. The Morgan fingerprint density at radius 3 is 2.45 bits per heavy atom. The highest BCUT2D eigenvalue weighted by molar-refractivity contribution is 8.26. The van der Waals surface area contributed by atoms with E-state index in [1.807, 2.05) is 0 Å². The van der Waals surface area contributed by atoms with E-state index in [0.717, 1.165) is 28.5 Å². The number of benzene rings is 1. The Kier molecular flexibility index (Phi) is 5.10. The number of thiocarbonyl (C=S) groups is 1. The second kappa shape index (κ2) is 6.85. The van der Waals surface area contributed by atoms with Gasteiger partial charge >= 0.3 is 5.97 Å². The maximum atomic E-state index is 12.4. The number of hydrogen-bond donors (Lipinski definition) is 1. The molecule has 1 N–H and O–H groups in total. The van der Waals surface area contributed by atoms with Gasteiger partial charge in [-0.25, -0.2) is 4.79 Å². The SMILES string of the molecule is CC[C@H](C(=O)O)N1C(=O)/C(=C/c2ccc(C=O)cc2)SC1=S. The molecule has 2 rings (SSSR count). The molecule has 1 aliphatic heterocycles. The molecule has 1 fully saturated rings. The van der Waals surface area contributed by atoms with E-state index in [2.05, 4.69) is 0 Å². The third-order valence-electron chi connectivity index (χ3n) is 3.18. The third kappa shape index (κ3) is 3.26. The van der Waals surface area contributed by atoms with Crippen molar-refractivity contribution in [3.05, 3.63) is 40.3 Å². The van der Waals surface area contributed by atoms with Crippen LogP contribution in [0.1, 0.15) is 29.3 Å². The molecule has 1 aromatic carbocycles. The molecule has 1 amide bonds. The largest absolute Gasteiger partial charge is 0.480 e. The summed E-state index contributed by atoms with van der Waals surface area (Å²) in [6.45, 7) is 1.69. The molecular weight excluding hydrogens is 322 g/mol. The molecule has 1 saturated heterocycles. The molecule has 5 nitrogen and oxygen atoms in total. The zero-order valence-electron chi connectivity index (χ0n) is 11.7. The summed E-state index contributed by atoms with van der Waals surface area (Å²) >= 11 is 6.21. The summed E-state index contributed by atoms with van der Waals surface area (Å²) in [6, 6.07) is 5.77. The summed E-state index contributed by atoms with van der Waals surface area (Å²) in [6.07, 6.45) is 2.66. The number of carbonyl (C=O) groups excluding carboxylic acids is 2. The highest BCUT2D eigenvalue weighted by Gasteiger charge is 2.39. The number of thioether (sulfide) groups is 1. The van der Waals surface area contributed by atoms with Gasteiger partial charge in [-0.05, 0) is 18.1 Å². The van der Waals surface area contributed by atoms with Crippen LogP contribution < -0.4 is 0 Å². The first kappa shape index (κ1) is 16.4. The zero-order valence-corrected chi connectivity index (χ0v) is 13.3. The minimum absolute atomic E-state index is 0.245. The molecule has 0 radical (unpaired) electrons. The summed E-state index contributed by atoms with van der Waals surface area (Å²) in [5.74, 6) is -1.47. The summed E-state index contributed by atoms with van der Waals surface area (Å²) in [7, 11) is 0. The minimum Gasteiger partial charge on any atom is -0.480 e. The Bertz CT molecular complexity index is 667. The first-order valence-corrected chi connectivity index (χ1v) is 7.75. The van der Waals surface area contributed by atoms with Crippen molar-refractivity contribution in [2.24, 2.45) is 0 Å². The number of rotatable bonds is 5. The van der Waals surface area contributed by atoms with E-state index in [0.29, 0.717) is 10.5 Å². The Morgan fingerprint density at radius 1 is 1.36 bits per heavy atom. The van der Waals surface area contributed by atoms with E-state index in [1.54, 1.807) is 37.3 Å². The van der Waals surface area contributed by atoms with Crippen LogP contribution in [0.2, 0.25) is 0 Å². The van der Waals surface area contributed by atoms with Crippen molar-refractivity contribution < 1.29 is 19.5 Å². The molecule has 1 heterocycles. The fraction of sp³-hybridized carbons (Fsp3) is 0.200. The Balaban J connectivity index is 2.28. The second-order valence-corrected chi connectivity index (χ2v) is 6.27. The first-order chi connectivity index (χ1) is 10.5. The highest BCUT2D eigenvalue weighted by Crippen LogP contribution is 2.34. The van der Waals surface area contributed by atoms with Gasteiger partial charge in [0.1, 0.15) is 16.6 Å². The van der Waals surface area contributed by atoms with Crippen molar-refractivity contribution in [3.8, 4) is 0 Å². The quantitative estimate of drug-likeness (QED) is 0.506. The van der Waals surface area contributed by atoms with E-state index >= 15 is 0 Å². The van der Waals surface area contributed by atoms with Gasteiger partial charge in [0.25, 0.3) is 5.91 Å². The van der Waals surface area contributed by atoms with Crippen LogP contribution in [0.15, 0.2) is 29.2 Å². The van der Waals surface area contributed by atoms with Crippen LogP contribution >= 0.6 is 24.0 Å². The number of amides is 1. The van der Waals surface area contributed by atoms with Gasteiger partial charge in [-0.2, -0.15) is 0 Å². The summed E-state index contributed by atoms with van der Waals surface area (Å²) < 4.78 is 0.245. The minimum atomic E-state index is -1.07. The van der Waals surface area contributed by atoms with Crippen LogP contribution in [-0.4, -0.2) is 38.5 Å². The number of aldehydes is 1. The van der Waals surface area contributed by atoms with E-state index in [4.69, 9.17) is 12.2 Å². The summed E-state index contributed by atoms with van der Waals surface area (Å²) in [5, 5.41) is 9.19. The number of aliphatic carboxylic acids is 1. The molecule has 1 aliphatic rings. The van der Waals surface area contributed by atoms with Gasteiger partial charge in [-0.15, -0.1) is 0 Å². The molecule has 0 spiro atoms. The van der Waals surface area contributed by atoms with Crippen molar-refractivity contribution in [1.29, 1.82) is 0 Å². The molecule has 0 bridgehead atoms. The van der Waals surface area contributed by atoms with Gasteiger partial charge in [-0.3, -0.25) is 14.5 Å². The molecule has 1 aromatic rings. The molecule has 22 heavy (non-hydrogen) atoms. The van der Waals surface area contributed by atoms with Crippen LogP contribution in [0.3, 0.4) is 0 Å². The fourth-order valence-electron chi connectivity index (χ4n) is 2.04. The van der Waals surface area contributed by atoms with Gasteiger partial charge < -0.3 is 5.11 Å². The van der Waals surface area contributed by atoms with Crippen molar-refractivity contribution in [1.82, 2.24) is 4.90 Å². The predicted molar refractivity (Wildman–Crippen MR) is 88.6 cm³/mol. The standard InChI is InChI=1S/C15H13NO4S2/c1-2-11(14(19)20)16-13(18)12(22-15(16)21)7-9-3-5-10(8-17)6-4-9/h3-8,11H,2H2,1H3,(H,19,20)/b12-7-/t11-/m1/s1. The number of carboxylic acid groups (broad SMARTS) is 1. The average Bonchev–Trinajstić information content (AvgIpc) is 2.76. The van der Waals surface area contributed by atoms with E-state index in [1.165, 1.54) is 0 Å². The van der Waals surface area contributed by atoms with Gasteiger partial charge in [0.15, 0.2) is 0 Å². The normalized spacial score (nSPS) is 17.9. The molecule has 1 atom stereocenters. The first-order valence-electron chi connectivity index (χ1n) is 6.53. The lowest BCUT2D eigenvalue weighted by molar-refractivity contribution is -0.145. The average molecular weight is 335 g/mol. The lowest BCUT2D eigenvalue weighted by Crippen LogP contribution is -2.43. The summed E-state index contributed by atoms with van der Waals surface area (Å²) in [5.41, 5.74) is 1.29. The van der Waals surface area contributed by atoms with E-state index < -0.39 is 17.9 Å². The predicted octanol–water partition coefficient (Wildman–Crippen LogP) is 2.56. The Hall–Kier alpha value is -1.99. The zero-order chi connectivity index (χ0) is 16.3. The smallest absolute Gasteiger partial charge is 0.326 e. The lowest BCUT2D eigenvalue weighted by Gasteiger charge is -2.21. The molecule has 0 saturated carbocycles. The third-order valence-corrected chi connectivity index (χ3v) is 4.51. The fourth-order valence-corrected chi connectivity index (χ4v) is 3.40. The van der Waals surface area contributed by atoms with Gasteiger partial charge in [0.05, 0.1) is 4.91 Å². The molecule has 0 aromatic heterocycles. The van der Waals surface area contributed by atoms with Crippen LogP contribution in [-0.2, 0) is 9.59 Å². The van der Waals surface area contributed by atoms with Crippen molar-refractivity contribution >= 4 is 52.5 Å². The van der Waals surface area contributed by atoms with Crippen LogP contribution in [0.4, 0.5) is 0 Å². The van der Waals surface area contributed by atoms with Gasteiger partial charge in [0, 0.05) is 5.56 Å². The number of hydrogen-bond acceptors (Lipinski definition) is 5. The summed E-state index contributed by atoms with van der Waals surface area (Å²) in [4.78, 5) is 35.8. The van der Waals surface area contributed by atoms with Gasteiger partial charge in [-0.1, -0.05) is 55.2 Å². The van der Waals surface area contributed by atoms with Crippen molar-refractivity contribution in [3.63, 3.8) is 0 Å². The maximum absolute atomic E-state index is 12.4. The van der Waals surface area contributed by atoms with Crippen LogP contribution in [0.5, 0.6) is 0 Å². The second-order valence-electron chi connectivity index (χ2n) is 4.60. The van der Waals surface area contributed by atoms with Crippen LogP contribution in [0, 0.1) is 0 Å². The number of nitrogens with zero attached hydrogens (tertiary/aromatic N) is 1. The Labute approximate surface area is 137 Å². The monoisotopic (exact) mass is 335 g/mol.